The van der Waals surface area contributed by atoms with Gasteiger partial charge in [0.2, 0.25) is 0 Å². The van der Waals surface area contributed by atoms with Crippen molar-refractivity contribution in [2.75, 3.05) is 0 Å². The molecule has 0 spiro atoms. The summed E-state index contributed by atoms with van der Waals surface area (Å²) in [7, 11) is -6.33. The van der Waals surface area contributed by atoms with Crippen molar-refractivity contribution in [2.24, 2.45) is 0 Å². The Labute approximate surface area is 96.5 Å². The van der Waals surface area contributed by atoms with Crippen LogP contribution in [0.25, 0.3) is 0 Å². The van der Waals surface area contributed by atoms with Gasteiger partial charge in [-0.2, -0.15) is 26.3 Å². The van der Waals surface area contributed by atoms with Crippen molar-refractivity contribution in [3.8, 4) is 0 Å². The Bertz CT molecular complexity index is 253. The van der Waals surface area contributed by atoms with E-state index in [-0.39, 0.29) is 35.6 Å². The van der Waals surface area contributed by atoms with E-state index >= 15 is 0 Å². The second kappa shape index (κ2) is 4.47. The summed E-state index contributed by atoms with van der Waals surface area (Å²) in [6.07, 6.45) is -5.62. The van der Waals surface area contributed by atoms with Crippen LogP contribution in [0.1, 0.15) is 0 Å². The zero-order chi connectivity index (χ0) is 10.2. The monoisotopic (exact) mass is 356 g/mol. The summed E-state index contributed by atoms with van der Waals surface area (Å²) in [5.41, 5.74) is -5.96. The normalized spacial score (nSPS) is 13.7. The molecule has 3 nitrogen and oxygen atoms in total. The van der Waals surface area contributed by atoms with E-state index in [4.69, 9.17) is 0 Å². The van der Waals surface area contributed by atoms with Gasteiger partial charge in [0.25, 0.3) is 0 Å². The van der Waals surface area contributed by atoms with E-state index < -0.39 is 26.6 Å². The van der Waals surface area contributed by atoms with Gasteiger partial charge in [0, 0.05) is 35.6 Å². The molecule has 0 bridgehead atoms. The van der Waals surface area contributed by atoms with E-state index in [1.54, 1.807) is 0 Å². The SMILES string of the molecule is O=S(=O)(NC(F)(F)F)C(F)(F)F.[La]. The van der Waals surface area contributed by atoms with Crippen molar-refractivity contribution in [3.63, 3.8) is 0 Å². The van der Waals surface area contributed by atoms with Crippen molar-refractivity contribution in [3.05, 3.63) is 0 Å². The van der Waals surface area contributed by atoms with Crippen molar-refractivity contribution in [2.45, 2.75) is 11.8 Å². The standard InChI is InChI=1S/C2HF6NO2S.La/c3-1(4,5)9-12(10,11)2(6,7)8;/h9H;. The molecule has 77 valence electrons. The van der Waals surface area contributed by atoms with Crippen LogP contribution in [0, 0.1) is 35.6 Å². The largest absolute Gasteiger partial charge is 0.511 e. The Kier molecular flexibility index (Phi) is 5.54. The maximum atomic E-state index is 11.2. The molecule has 1 N–H and O–H groups in total. The molecular weight excluding hydrogens is 355 g/mol. The quantitative estimate of drug-likeness (QED) is 0.562. The average Bonchev–Trinajstić information content (AvgIpc) is 1.52. The van der Waals surface area contributed by atoms with E-state index in [9.17, 15) is 34.8 Å². The summed E-state index contributed by atoms with van der Waals surface area (Å²) < 4.78 is 85.8. The van der Waals surface area contributed by atoms with Gasteiger partial charge in [-0.05, 0) is 0 Å². The molecule has 0 saturated carbocycles. The first kappa shape index (κ1) is 16.1. The molecule has 0 fully saturated rings. The van der Waals surface area contributed by atoms with E-state index in [1.807, 2.05) is 0 Å². The van der Waals surface area contributed by atoms with Crippen LogP contribution in [0.5, 0.6) is 0 Å². The van der Waals surface area contributed by atoms with E-state index in [0.717, 1.165) is 0 Å². The van der Waals surface area contributed by atoms with Gasteiger partial charge < -0.3 is 0 Å². The van der Waals surface area contributed by atoms with Crippen LogP contribution < -0.4 is 4.72 Å². The molecule has 0 amide bonds. The van der Waals surface area contributed by atoms with E-state index in [2.05, 4.69) is 0 Å². The zero-order valence-electron chi connectivity index (χ0n) is 5.57. The fourth-order valence-electron chi connectivity index (χ4n) is 0.210. The van der Waals surface area contributed by atoms with E-state index in [0.29, 0.717) is 0 Å². The minimum absolute atomic E-state index is 0. The number of alkyl halides is 6. The van der Waals surface area contributed by atoms with Crippen molar-refractivity contribution in [1.29, 1.82) is 0 Å². The summed E-state index contributed by atoms with van der Waals surface area (Å²) in [5, 5.41) is 0. The zero-order valence-corrected chi connectivity index (χ0v) is 10.0. The van der Waals surface area contributed by atoms with Gasteiger partial charge >= 0.3 is 21.8 Å². The van der Waals surface area contributed by atoms with Gasteiger partial charge in [-0.25, -0.2) is 8.42 Å². The molecule has 0 aliphatic heterocycles. The average molecular weight is 356 g/mol. The molecule has 0 aromatic carbocycles. The molecule has 0 unspecified atom stereocenters. The molecule has 0 saturated heterocycles. The van der Waals surface area contributed by atoms with Crippen LogP contribution in [0.3, 0.4) is 0 Å². The minimum atomic E-state index is -6.33. The smallest absolute Gasteiger partial charge is 0.203 e. The van der Waals surface area contributed by atoms with Crippen LogP contribution in [0.4, 0.5) is 26.3 Å². The number of hydrogen-bond donors (Lipinski definition) is 1. The van der Waals surface area contributed by atoms with Gasteiger partial charge in [-0.1, -0.05) is 0 Å². The molecule has 0 aliphatic carbocycles. The van der Waals surface area contributed by atoms with Crippen LogP contribution in [-0.4, -0.2) is 20.2 Å². The Morgan fingerprint density at radius 3 is 1.31 bits per heavy atom. The molecule has 0 atom stereocenters. The topological polar surface area (TPSA) is 46.2 Å². The van der Waals surface area contributed by atoms with Crippen molar-refractivity contribution >= 4 is 10.0 Å². The second-order valence-corrected chi connectivity index (χ2v) is 3.22. The summed E-state index contributed by atoms with van der Waals surface area (Å²) in [4.78, 5) is 0. The molecule has 0 aromatic heterocycles. The molecule has 13 heavy (non-hydrogen) atoms. The van der Waals surface area contributed by atoms with Crippen LogP contribution in [0.2, 0.25) is 0 Å². The Morgan fingerprint density at radius 1 is 0.923 bits per heavy atom. The third kappa shape index (κ3) is 5.89. The van der Waals surface area contributed by atoms with Crippen molar-refractivity contribution < 1.29 is 70.4 Å². The predicted molar refractivity (Wildman–Crippen MR) is 24.2 cm³/mol. The fraction of sp³-hybridized carbons (Fsp3) is 1.00. The van der Waals surface area contributed by atoms with Crippen LogP contribution >= 0.6 is 0 Å². The van der Waals surface area contributed by atoms with Gasteiger partial charge in [-0.15, -0.1) is 4.72 Å². The second-order valence-electron chi connectivity index (χ2n) is 1.55. The third-order valence-electron chi connectivity index (χ3n) is 0.555. The number of nitrogens with one attached hydrogen (secondary N) is 1. The maximum Gasteiger partial charge on any atom is 0.511 e. The molecule has 0 aromatic rings. The minimum Gasteiger partial charge on any atom is -0.203 e. The van der Waals surface area contributed by atoms with Crippen LogP contribution in [-0.2, 0) is 10.0 Å². The Hall–Kier alpha value is 0.685. The Morgan fingerprint density at radius 2 is 1.23 bits per heavy atom. The molecular formula is C2HF6LaNO2S. The van der Waals surface area contributed by atoms with Gasteiger partial charge in [0.05, 0.1) is 0 Å². The molecule has 11 heteroatoms. The summed E-state index contributed by atoms with van der Waals surface area (Å²) in [5.74, 6) is 0. The van der Waals surface area contributed by atoms with Crippen LogP contribution in [0.15, 0.2) is 0 Å². The maximum absolute atomic E-state index is 11.2. The fourth-order valence-corrected chi connectivity index (χ4v) is 0.631. The van der Waals surface area contributed by atoms with Gasteiger partial charge in [-0.3, -0.25) is 0 Å². The number of halogens is 6. The summed E-state index contributed by atoms with van der Waals surface area (Å²) in [6, 6.07) is 0. The number of hydrogen-bond acceptors (Lipinski definition) is 2. The number of sulfonamides is 1. The third-order valence-corrected chi connectivity index (χ3v) is 1.66. The molecule has 0 aliphatic rings. The van der Waals surface area contributed by atoms with E-state index in [1.165, 1.54) is 0 Å². The first-order valence-corrected chi connectivity index (χ1v) is 3.61. The first-order valence-electron chi connectivity index (χ1n) is 2.13. The molecule has 0 heterocycles. The predicted octanol–water partition coefficient (Wildman–Crippen LogP) is 0.945. The van der Waals surface area contributed by atoms with Crippen molar-refractivity contribution in [1.82, 2.24) is 4.72 Å². The van der Waals surface area contributed by atoms with Gasteiger partial charge in [0.1, 0.15) is 0 Å². The molecule has 1 radical (unpaired) electrons. The molecule has 0 rings (SSSR count). The summed E-state index contributed by atoms with van der Waals surface area (Å²) >= 11 is 0. The summed E-state index contributed by atoms with van der Waals surface area (Å²) in [6.45, 7) is 0. The first-order chi connectivity index (χ1) is 4.96. The number of rotatable bonds is 1. The Balaban J connectivity index is 0. The van der Waals surface area contributed by atoms with Gasteiger partial charge in [0.15, 0.2) is 0 Å².